The third-order valence-electron chi connectivity index (χ3n) is 3.73. The van der Waals surface area contributed by atoms with Gasteiger partial charge in [0.25, 0.3) is 5.91 Å². The van der Waals surface area contributed by atoms with Gasteiger partial charge in [-0.1, -0.05) is 64.2 Å². The minimum absolute atomic E-state index is 0.00706. The van der Waals surface area contributed by atoms with E-state index in [1.807, 2.05) is 24.3 Å². The first-order valence-corrected chi connectivity index (χ1v) is 9.97. The third kappa shape index (κ3) is 4.86. The number of thiocarbonyl (C=S) groups is 1. The van der Waals surface area contributed by atoms with Crippen LogP contribution in [0.15, 0.2) is 57.9 Å². The predicted octanol–water partition coefficient (Wildman–Crippen LogP) is 2.65. The summed E-state index contributed by atoms with van der Waals surface area (Å²) in [6, 6.07) is 13.0. The van der Waals surface area contributed by atoms with Gasteiger partial charge in [0.15, 0.2) is 0 Å². The average molecular weight is 476 g/mol. The van der Waals surface area contributed by atoms with E-state index in [0.717, 1.165) is 21.8 Å². The number of anilines is 1. The Kier molecular flexibility index (Phi) is 6.28. The van der Waals surface area contributed by atoms with E-state index in [1.165, 1.54) is 29.2 Å². The summed E-state index contributed by atoms with van der Waals surface area (Å²) in [6.45, 7) is -0.233. The Morgan fingerprint density at radius 1 is 1.21 bits per heavy atom. The van der Waals surface area contributed by atoms with Crippen LogP contribution in [-0.2, 0) is 9.59 Å². The number of nitrogens with one attached hydrogen (secondary N) is 1. The summed E-state index contributed by atoms with van der Waals surface area (Å²) in [5.41, 5.74) is 1.25. The molecule has 3 rings (SSSR count). The fourth-order valence-electron chi connectivity index (χ4n) is 2.42. The summed E-state index contributed by atoms with van der Waals surface area (Å²) in [6.07, 6.45) is 1.72. The number of nitrogens with zero attached hydrogens (tertiary/aromatic N) is 1. The number of carbonyl (C=O) groups excluding carboxylic acids is 3. The van der Waals surface area contributed by atoms with Crippen LogP contribution in [0.2, 0.25) is 0 Å². The Labute approximate surface area is 178 Å². The van der Waals surface area contributed by atoms with Crippen molar-refractivity contribution in [3.63, 3.8) is 0 Å². The first-order chi connectivity index (χ1) is 13.3. The maximum Gasteiger partial charge on any atom is 0.266 e. The first kappa shape index (κ1) is 20.2. The van der Waals surface area contributed by atoms with Gasteiger partial charge in [0.1, 0.15) is 10.9 Å². The second-order valence-corrected chi connectivity index (χ2v) is 8.33. The second kappa shape index (κ2) is 8.68. The summed E-state index contributed by atoms with van der Waals surface area (Å²) in [7, 11) is 0. The normalized spacial score (nSPS) is 15.2. The summed E-state index contributed by atoms with van der Waals surface area (Å²) in [4.78, 5) is 37.3. The molecule has 2 amide bonds. The van der Waals surface area contributed by atoms with Crippen LogP contribution < -0.4 is 10.4 Å². The number of thioether (sulfide) groups is 1. The lowest BCUT2D eigenvalue weighted by Crippen LogP contribution is -2.36. The summed E-state index contributed by atoms with van der Waals surface area (Å²) in [5.74, 6) is -2.08. The van der Waals surface area contributed by atoms with Gasteiger partial charge in [-0.15, -0.1) is 0 Å². The fourth-order valence-corrected chi connectivity index (χ4v) is 4.09. The molecule has 2 aromatic rings. The molecule has 0 unspecified atom stereocenters. The first-order valence-electron chi connectivity index (χ1n) is 7.95. The van der Waals surface area contributed by atoms with E-state index in [-0.39, 0.29) is 18.0 Å². The molecule has 0 aromatic heterocycles. The van der Waals surface area contributed by atoms with Gasteiger partial charge >= 0.3 is 0 Å². The molecule has 1 heterocycles. The quantitative estimate of drug-likeness (QED) is 0.528. The number of amides is 2. The second-order valence-electron chi connectivity index (χ2n) is 5.74. The lowest BCUT2D eigenvalue weighted by molar-refractivity contribution is -0.255. The van der Waals surface area contributed by atoms with E-state index < -0.39 is 11.9 Å². The summed E-state index contributed by atoms with van der Waals surface area (Å²) < 4.78 is 1.19. The van der Waals surface area contributed by atoms with Gasteiger partial charge in [0, 0.05) is 10.2 Å². The standard InChI is InChI=1S/C19H13BrN2O4S2/c20-13-3-1-2-11(8-13)9-15-17(24)22(19(27)28-15)10-16(23)21-14-6-4-12(5-7-14)18(25)26/h1-9H,10H2,(H,21,23)(H,25,26)/p-1/b15-9-. The van der Waals surface area contributed by atoms with Crippen molar-refractivity contribution in [2.75, 3.05) is 11.9 Å². The molecule has 9 heteroatoms. The Morgan fingerprint density at radius 3 is 2.57 bits per heavy atom. The molecule has 142 valence electrons. The molecule has 0 aliphatic carbocycles. The molecule has 0 saturated carbocycles. The van der Waals surface area contributed by atoms with Gasteiger partial charge in [-0.05, 0) is 41.5 Å². The van der Waals surface area contributed by atoms with E-state index >= 15 is 0 Å². The van der Waals surface area contributed by atoms with Crippen LogP contribution >= 0.6 is 39.9 Å². The Hall–Kier alpha value is -2.49. The van der Waals surface area contributed by atoms with Crippen molar-refractivity contribution in [1.82, 2.24) is 4.90 Å². The topological polar surface area (TPSA) is 89.5 Å². The molecule has 0 bridgehead atoms. The van der Waals surface area contributed by atoms with Crippen LogP contribution in [-0.4, -0.2) is 33.5 Å². The van der Waals surface area contributed by atoms with Crippen molar-refractivity contribution in [2.24, 2.45) is 0 Å². The van der Waals surface area contributed by atoms with Crippen molar-refractivity contribution >= 4 is 73.8 Å². The molecule has 2 aromatic carbocycles. The maximum atomic E-state index is 12.6. The largest absolute Gasteiger partial charge is 0.545 e. The van der Waals surface area contributed by atoms with Crippen molar-refractivity contribution in [2.45, 2.75) is 0 Å². The van der Waals surface area contributed by atoms with Crippen LogP contribution in [0, 0.1) is 0 Å². The van der Waals surface area contributed by atoms with Crippen molar-refractivity contribution in [3.05, 3.63) is 69.0 Å². The van der Waals surface area contributed by atoms with Gasteiger partial charge in [-0.2, -0.15) is 0 Å². The zero-order chi connectivity index (χ0) is 20.3. The number of carbonyl (C=O) groups is 3. The van der Waals surface area contributed by atoms with Crippen LogP contribution in [0.25, 0.3) is 6.08 Å². The molecular formula is C19H12BrN2O4S2-. The molecular weight excluding hydrogens is 464 g/mol. The van der Waals surface area contributed by atoms with Crippen LogP contribution in [0.4, 0.5) is 5.69 Å². The number of aromatic carboxylic acids is 1. The van der Waals surface area contributed by atoms with Gasteiger partial charge in [0.2, 0.25) is 5.91 Å². The average Bonchev–Trinajstić information content (AvgIpc) is 2.89. The molecule has 0 atom stereocenters. The maximum absolute atomic E-state index is 12.6. The van der Waals surface area contributed by atoms with E-state index in [0.29, 0.717) is 14.9 Å². The Morgan fingerprint density at radius 2 is 1.93 bits per heavy atom. The lowest BCUT2D eigenvalue weighted by atomic mass is 10.2. The van der Waals surface area contributed by atoms with Gasteiger partial charge in [-0.3, -0.25) is 14.5 Å². The highest BCUT2D eigenvalue weighted by molar-refractivity contribution is 9.10. The molecule has 1 aliphatic heterocycles. The molecule has 1 saturated heterocycles. The minimum Gasteiger partial charge on any atom is -0.545 e. The van der Waals surface area contributed by atoms with Crippen LogP contribution in [0.1, 0.15) is 15.9 Å². The third-order valence-corrected chi connectivity index (χ3v) is 5.60. The van der Waals surface area contributed by atoms with E-state index in [9.17, 15) is 19.5 Å². The summed E-state index contributed by atoms with van der Waals surface area (Å²) >= 11 is 9.75. The fraction of sp³-hybridized carbons (Fsp3) is 0.0526. The zero-order valence-electron chi connectivity index (χ0n) is 14.2. The SMILES string of the molecule is O=C(CN1C(=O)/C(=C/c2cccc(Br)c2)SC1=S)Nc1ccc(C(=O)[O-])cc1. The zero-order valence-corrected chi connectivity index (χ0v) is 17.4. The number of carboxylic acids is 1. The van der Waals surface area contributed by atoms with E-state index in [1.54, 1.807) is 6.08 Å². The van der Waals surface area contributed by atoms with E-state index in [2.05, 4.69) is 21.2 Å². The molecule has 28 heavy (non-hydrogen) atoms. The number of halogens is 1. The molecule has 1 aliphatic rings. The van der Waals surface area contributed by atoms with E-state index in [4.69, 9.17) is 12.2 Å². The molecule has 6 nitrogen and oxygen atoms in total. The lowest BCUT2D eigenvalue weighted by Gasteiger charge is -2.14. The van der Waals surface area contributed by atoms with Crippen molar-refractivity contribution < 1.29 is 19.5 Å². The van der Waals surface area contributed by atoms with Gasteiger partial charge in [0.05, 0.1) is 10.9 Å². The molecule has 1 N–H and O–H groups in total. The molecule has 0 spiro atoms. The van der Waals surface area contributed by atoms with Gasteiger partial charge in [-0.25, -0.2) is 0 Å². The number of carboxylic acid groups (broad SMARTS) is 1. The molecule has 1 fully saturated rings. The number of hydrogen-bond donors (Lipinski definition) is 1. The summed E-state index contributed by atoms with van der Waals surface area (Å²) in [5, 5.41) is 13.4. The number of rotatable bonds is 5. The smallest absolute Gasteiger partial charge is 0.266 e. The Bertz CT molecular complexity index is 1010. The van der Waals surface area contributed by atoms with Gasteiger partial charge < -0.3 is 15.2 Å². The Balaban J connectivity index is 1.66. The minimum atomic E-state index is -1.30. The highest BCUT2D eigenvalue weighted by Gasteiger charge is 2.33. The number of benzene rings is 2. The van der Waals surface area contributed by atoms with Crippen LogP contribution in [0.3, 0.4) is 0 Å². The number of hydrogen-bond acceptors (Lipinski definition) is 6. The molecule has 0 radical (unpaired) electrons. The van der Waals surface area contributed by atoms with Crippen molar-refractivity contribution in [3.8, 4) is 0 Å². The highest BCUT2D eigenvalue weighted by atomic mass is 79.9. The predicted molar refractivity (Wildman–Crippen MR) is 113 cm³/mol. The monoisotopic (exact) mass is 475 g/mol. The van der Waals surface area contributed by atoms with Crippen molar-refractivity contribution in [1.29, 1.82) is 0 Å². The highest BCUT2D eigenvalue weighted by Crippen LogP contribution is 2.32. The van der Waals surface area contributed by atoms with Crippen LogP contribution in [0.5, 0.6) is 0 Å².